The number of fused-ring (bicyclic) bond motifs is 12. The van der Waals surface area contributed by atoms with Crippen LogP contribution in [0.3, 0.4) is 0 Å². The third-order valence-electron chi connectivity index (χ3n) is 16.9. The molecule has 4 aromatic rings. The van der Waals surface area contributed by atoms with Crippen molar-refractivity contribution < 1.29 is 0 Å². The van der Waals surface area contributed by atoms with E-state index in [-0.39, 0.29) is 16.2 Å². The molecule has 3 aliphatic carbocycles. The monoisotopic (exact) mass is 1000 g/mol. The van der Waals surface area contributed by atoms with E-state index < -0.39 is 0 Å². The quantitative estimate of drug-likeness (QED) is 0.0457. The van der Waals surface area contributed by atoms with E-state index in [0.29, 0.717) is 0 Å². The molecule has 0 N–H and O–H groups in total. The van der Waals surface area contributed by atoms with Gasteiger partial charge in [-0.3, -0.25) is 0 Å². The summed E-state index contributed by atoms with van der Waals surface area (Å²) in [4.78, 5) is 0. The first kappa shape index (κ1) is 50.7. The van der Waals surface area contributed by atoms with Crippen molar-refractivity contribution in [3.63, 3.8) is 0 Å². The normalized spacial score (nSPS) is 15.4. The topological polar surface area (TPSA) is 0 Å². The van der Waals surface area contributed by atoms with Crippen LogP contribution in [0.1, 0.15) is 268 Å². The standard InChI is InChI=1S/C63H88Br2/c1-7-13-19-27-39-61(40-28-20-14-8-2)52-34-26-25-33-49(52)57-58-55(50-37-35-47(64)45-53(50)62(58,41-29-21-15-9-3)42-30-22-16-10-4)56-51-38-36-48(65)46-54(51)63(59(56)60(57)61,43-31-23-17-11-5)44-32-24-18-12-6/h25-26,33-38,45-46H,7-24,27-32,39-44H2,1-6H3. The van der Waals surface area contributed by atoms with Gasteiger partial charge in [-0.05, 0) is 130 Å². The van der Waals surface area contributed by atoms with E-state index in [4.69, 9.17) is 0 Å². The lowest BCUT2D eigenvalue weighted by molar-refractivity contribution is 0.368. The van der Waals surface area contributed by atoms with E-state index >= 15 is 0 Å². The van der Waals surface area contributed by atoms with Crippen LogP contribution >= 0.6 is 31.9 Å². The molecule has 0 radical (unpaired) electrons. The lowest BCUT2D eigenvalue weighted by Gasteiger charge is -2.42. The number of halogens is 2. The van der Waals surface area contributed by atoms with Crippen molar-refractivity contribution >= 4 is 31.9 Å². The minimum Gasteiger partial charge on any atom is -0.0654 e. The third-order valence-corrected chi connectivity index (χ3v) is 17.9. The maximum absolute atomic E-state index is 4.14. The molecule has 0 atom stereocenters. The van der Waals surface area contributed by atoms with Gasteiger partial charge >= 0.3 is 0 Å². The van der Waals surface area contributed by atoms with Crippen LogP contribution in [0.2, 0.25) is 0 Å². The molecular formula is C63H88Br2. The fourth-order valence-electron chi connectivity index (χ4n) is 13.8. The maximum atomic E-state index is 4.14. The summed E-state index contributed by atoms with van der Waals surface area (Å²) in [5, 5.41) is 0. The Balaban J connectivity index is 1.67. The number of benzene rings is 4. The van der Waals surface area contributed by atoms with Gasteiger partial charge in [0, 0.05) is 25.2 Å². The van der Waals surface area contributed by atoms with Crippen molar-refractivity contribution in [1.82, 2.24) is 0 Å². The molecule has 0 aromatic heterocycles. The Hall–Kier alpha value is -2.16. The molecule has 0 nitrogen and oxygen atoms in total. The van der Waals surface area contributed by atoms with Crippen molar-refractivity contribution in [3.05, 3.63) is 103 Å². The van der Waals surface area contributed by atoms with Crippen LogP contribution in [0.25, 0.3) is 33.4 Å². The van der Waals surface area contributed by atoms with E-state index in [1.807, 2.05) is 5.56 Å². The Morgan fingerprint density at radius 3 is 1.00 bits per heavy atom. The highest BCUT2D eigenvalue weighted by atomic mass is 79.9. The van der Waals surface area contributed by atoms with Crippen molar-refractivity contribution in [3.8, 4) is 33.4 Å². The minimum absolute atomic E-state index is 0.00933. The summed E-state index contributed by atoms with van der Waals surface area (Å²) in [5.41, 5.74) is 20.1. The van der Waals surface area contributed by atoms with Crippen LogP contribution < -0.4 is 0 Å². The molecule has 0 amide bonds. The number of rotatable bonds is 30. The summed E-state index contributed by atoms with van der Waals surface area (Å²) < 4.78 is 2.50. The Kier molecular flexibility index (Phi) is 18.7. The van der Waals surface area contributed by atoms with Gasteiger partial charge in [0.25, 0.3) is 0 Å². The van der Waals surface area contributed by atoms with Gasteiger partial charge in [-0.25, -0.2) is 0 Å². The van der Waals surface area contributed by atoms with Crippen molar-refractivity contribution in [2.45, 2.75) is 250 Å². The van der Waals surface area contributed by atoms with E-state index in [1.165, 1.54) is 202 Å². The molecule has 0 saturated heterocycles. The lowest BCUT2D eigenvalue weighted by atomic mass is 9.61. The van der Waals surface area contributed by atoms with Crippen LogP contribution in [0.4, 0.5) is 0 Å². The molecule has 0 aliphatic heterocycles. The van der Waals surface area contributed by atoms with Gasteiger partial charge < -0.3 is 0 Å². The molecule has 0 heterocycles. The second kappa shape index (κ2) is 23.9. The first-order valence-corrected chi connectivity index (χ1v) is 29.4. The zero-order valence-corrected chi connectivity index (χ0v) is 45.4. The Morgan fingerprint density at radius 2 is 0.615 bits per heavy atom. The Morgan fingerprint density at radius 1 is 0.308 bits per heavy atom. The molecule has 3 aliphatic rings. The predicted molar refractivity (Wildman–Crippen MR) is 293 cm³/mol. The molecule has 7 rings (SSSR count). The fraction of sp³-hybridized carbons (Fsp3) is 0.619. The summed E-state index contributed by atoms with van der Waals surface area (Å²) in [6.45, 7) is 14.4. The Labute approximate surface area is 416 Å². The molecule has 65 heavy (non-hydrogen) atoms. The van der Waals surface area contributed by atoms with Crippen molar-refractivity contribution in [1.29, 1.82) is 0 Å². The summed E-state index contributed by atoms with van der Waals surface area (Å²) >= 11 is 8.27. The largest absolute Gasteiger partial charge is 0.0654 e. The van der Waals surface area contributed by atoms with Crippen LogP contribution in [-0.4, -0.2) is 0 Å². The molecule has 2 heteroatoms. The summed E-state index contributed by atoms with van der Waals surface area (Å²) in [6.07, 6.45) is 39.0. The van der Waals surface area contributed by atoms with Gasteiger partial charge in [0.05, 0.1) is 0 Å². The second-order valence-corrected chi connectivity index (χ2v) is 23.1. The highest BCUT2D eigenvalue weighted by molar-refractivity contribution is 9.10. The third kappa shape index (κ3) is 10.00. The van der Waals surface area contributed by atoms with E-state index in [1.54, 1.807) is 61.2 Å². The fourth-order valence-corrected chi connectivity index (χ4v) is 14.6. The van der Waals surface area contributed by atoms with Gasteiger partial charge in [0.15, 0.2) is 0 Å². The van der Waals surface area contributed by atoms with Gasteiger partial charge in [0.1, 0.15) is 0 Å². The van der Waals surface area contributed by atoms with Crippen molar-refractivity contribution in [2.24, 2.45) is 0 Å². The van der Waals surface area contributed by atoms with Crippen molar-refractivity contribution in [2.75, 3.05) is 0 Å². The molecule has 0 spiro atoms. The predicted octanol–water partition coefficient (Wildman–Crippen LogP) is 21.8. The summed E-state index contributed by atoms with van der Waals surface area (Å²) in [5.74, 6) is 0. The maximum Gasteiger partial charge on any atom is 0.0222 e. The zero-order valence-electron chi connectivity index (χ0n) is 42.2. The lowest BCUT2D eigenvalue weighted by Crippen LogP contribution is -2.34. The van der Waals surface area contributed by atoms with Gasteiger partial charge in [-0.2, -0.15) is 0 Å². The smallest absolute Gasteiger partial charge is 0.0222 e. The summed E-state index contributed by atoms with van der Waals surface area (Å²) in [7, 11) is 0. The average molecular weight is 1010 g/mol. The van der Waals surface area contributed by atoms with E-state index in [9.17, 15) is 0 Å². The Bertz CT molecular complexity index is 2120. The number of hydrogen-bond acceptors (Lipinski definition) is 0. The van der Waals surface area contributed by atoms with Crippen LogP contribution in [0.15, 0.2) is 69.6 Å². The van der Waals surface area contributed by atoms with Gasteiger partial charge in [0.2, 0.25) is 0 Å². The molecule has 4 aromatic carbocycles. The van der Waals surface area contributed by atoms with Crippen LogP contribution in [-0.2, 0) is 16.2 Å². The van der Waals surface area contributed by atoms with Crippen LogP contribution in [0.5, 0.6) is 0 Å². The number of unbranched alkanes of at least 4 members (excludes halogenated alkanes) is 18. The molecule has 354 valence electrons. The van der Waals surface area contributed by atoms with E-state index in [0.717, 1.165) is 0 Å². The second-order valence-electron chi connectivity index (χ2n) is 21.3. The SMILES string of the molecule is CCCCCCC1(CCCCCC)c2cc(Br)ccc2-c2c3c(c4c(c21)-c1ccccc1C4(CCCCCC)CCCCCC)C(CCCCCC)(CCCCCC)c1cc(Br)ccc1-3. The average Bonchev–Trinajstić information content (AvgIpc) is 3.86. The zero-order chi connectivity index (χ0) is 45.9. The molecule has 0 bridgehead atoms. The number of hydrogen-bond donors (Lipinski definition) is 0. The molecule has 0 unspecified atom stereocenters. The first-order chi connectivity index (χ1) is 31.8. The van der Waals surface area contributed by atoms with Gasteiger partial charge in [-0.1, -0.05) is 264 Å². The molecule has 0 fully saturated rings. The summed E-state index contributed by atoms with van der Waals surface area (Å²) in [6, 6.07) is 25.4. The first-order valence-electron chi connectivity index (χ1n) is 27.8. The van der Waals surface area contributed by atoms with Gasteiger partial charge in [-0.15, -0.1) is 0 Å². The molecular weight excluding hydrogens is 917 g/mol. The highest BCUT2D eigenvalue weighted by Crippen LogP contribution is 2.71. The minimum atomic E-state index is -0.0221. The highest BCUT2D eigenvalue weighted by Gasteiger charge is 2.57. The van der Waals surface area contributed by atoms with Crippen LogP contribution in [0, 0.1) is 0 Å². The molecule has 0 saturated carbocycles. The van der Waals surface area contributed by atoms with E-state index in [2.05, 4.69) is 134 Å².